The van der Waals surface area contributed by atoms with Crippen LogP contribution >= 0.6 is 0 Å². The summed E-state index contributed by atoms with van der Waals surface area (Å²) < 4.78 is 0. The molecule has 2 unspecified atom stereocenters. The molecule has 21 heavy (non-hydrogen) atoms. The standard InChI is InChI=1S/C16H19N3O2/c1-10-6-5-9-19(11(10)2)16(21)14-12-7-3-4-8-13(12)15(20)18-17-14/h3-4,7-8,10-11H,5-6,9H2,1-2H3,(H,18,20). The lowest BCUT2D eigenvalue weighted by molar-refractivity contribution is 0.0546. The Morgan fingerprint density at radius 2 is 2.00 bits per heavy atom. The maximum atomic E-state index is 12.8. The minimum absolute atomic E-state index is 0.0958. The quantitative estimate of drug-likeness (QED) is 0.873. The van der Waals surface area contributed by atoms with Gasteiger partial charge in [0.15, 0.2) is 5.69 Å². The normalized spacial score (nSPS) is 22.5. The van der Waals surface area contributed by atoms with Crippen molar-refractivity contribution >= 4 is 16.7 Å². The fourth-order valence-electron chi connectivity index (χ4n) is 3.04. The zero-order valence-corrected chi connectivity index (χ0v) is 12.3. The summed E-state index contributed by atoms with van der Waals surface area (Å²) in [6.07, 6.45) is 2.16. The highest BCUT2D eigenvalue weighted by Crippen LogP contribution is 2.25. The van der Waals surface area contributed by atoms with Crippen molar-refractivity contribution < 1.29 is 4.79 Å². The molecule has 1 aromatic heterocycles. The number of carbonyl (C=O) groups excluding carboxylic acids is 1. The largest absolute Gasteiger partial charge is 0.334 e. The van der Waals surface area contributed by atoms with Crippen LogP contribution in [0.1, 0.15) is 37.2 Å². The summed E-state index contributed by atoms with van der Waals surface area (Å²) in [6, 6.07) is 7.30. The molecule has 2 atom stereocenters. The van der Waals surface area contributed by atoms with Gasteiger partial charge in [0.2, 0.25) is 0 Å². The van der Waals surface area contributed by atoms with E-state index in [1.54, 1.807) is 18.2 Å². The molecule has 5 nitrogen and oxygen atoms in total. The second-order valence-electron chi connectivity index (χ2n) is 5.81. The molecule has 1 aliphatic rings. The number of fused-ring (bicyclic) bond motifs is 1. The van der Waals surface area contributed by atoms with Gasteiger partial charge in [-0.25, -0.2) is 5.10 Å². The Kier molecular flexibility index (Phi) is 3.49. The average molecular weight is 285 g/mol. The predicted molar refractivity (Wildman–Crippen MR) is 81.3 cm³/mol. The van der Waals surface area contributed by atoms with Crippen LogP contribution in [0.3, 0.4) is 0 Å². The number of rotatable bonds is 1. The number of likely N-dealkylation sites (tertiary alicyclic amines) is 1. The molecule has 0 radical (unpaired) electrons. The van der Waals surface area contributed by atoms with Gasteiger partial charge in [0.25, 0.3) is 11.5 Å². The molecule has 0 saturated carbocycles. The van der Waals surface area contributed by atoms with E-state index in [2.05, 4.69) is 24.0 Å². The van der Waals surface area contributed by atoms with Crippen LogP contribution in [-0.2, 0) is 0 Å². The first-order valence-corrected chi connectivity index (χ1v) is 7.38. The summed E-state index contributed by atoms with van der Waals surface area (Å²) in [5.41, 5.74) is 0.0772. The van der Waals surface area contributed by atoms with Crippen molar-refractivity contribution in [2.75, 3.05) is 6.54 Å². The highest BCUT2D eigenvalue weighted by atomic mass is 16.2. The number of hydrogen-bond donors (Lipinski definition) is 1. The van der Waals surface area contributed by atoms with Gasteiger partial charge in [0, 0.05) is 18.0 Å². The van der Waals surface area contributed by atoms with Crippen molar-refractivity contribution in [2.45, 2.75) is 32.7 Å². The van der Waals surface area contributed by atoms with Crippen LogP contribution < -0.4 is 5.56 Å². The highest BCUT2D eigenvalue weighted by Gasteiger charge is 2.30. The zero-order chi connectivity index (χ0) is 15.0. The maximum Gasteiger partial charge on any atom is 0.275 e. The number of hydrogen-bond acceptors (Lipinski definition) is 3. The number of benzene rings is 1. The third kappa shape index (κ3) is 2.33. The molecule has 1 saturated heterocycles. The molecule has 3 rings (SSSR count). The van der Waals surface area contributed by atoms with Gasteiger partial charge in [-0.2, -0.15) is 5.10 Å². The van der Waals surface area contributed by atoms with E-state index < -0.39 is 0 Å². The number of amides is 1. The van der Waals surface area contributed by atoms with Crippen LogP contribution in [0.4, 0.5) is 0 Å². The highest BCUT2D eigenvalue weighted by molar-refractivity contribution is 6.04. The monoisotopic (exact) mass is 285 g/mol. The van der Waals surface area contributed by atoms with E-state index in [1.165, 1.54) is 0 Å². The topological polar surface area (TPSA) is 66.1 Å². The SMILES string of the molecule is CC1CCCN(C(=O)c2n[nH]c(=O)c3ccccc23)C1C. The molecule has 2 heterocycles. The van der Waals surface area contributed by atoms with E-state index in [1.807, 2.05) is 11.0 Å². The van der Waals surface area contributed by atoms with E-state index >= 15 is 0 Å². The molecule has 1 aromatic carbocycles. The maximum absolute atomic E-state index is 12.8. The van der Waals surface area contributed by atoms with Crippen molar-refractivity contribution in [1.82, 2.24) is 15.1 Å². The van der Waals surface area contributed by atoms with E-state index in [0.29, 0.717) is 22.4 Å². The first-order chi connectivity index (χ1) is 10.1. The third-order valence-electron chi connectivity index (χ3n) is 4.53. The Morgan fingerprint density at radius 1 is 1.29 bits per heavy atom. The van der Waals surface area contributed by atoms with E-state index in [0.717, 1.165) is 19.4 Å². The van der Waals surface area contributed by atoms with Gasteiger partial charge in [-0.05, 0) is 31.7 Å². The summed E-state index contributed by atoms with van der Waals surface area (Å²) in [5, 5.41) is 7.58. The van der Waals surface area contributed by atoms with E-state index in [4.69, 9.17) is 0 Å². The summed E-state index contributed by atoms with van der Waals surface area (Å²) in [5.74, 6) is 0.387. The molecule has 1 amide bonds. The Balaban J connectivity index is 2.06. The van der Waals surface area contributed by atoms with Crippen LogP contribution in [0.25, 0.3) is 10.8 Å². The van der Waals surface area contributed by atoms with Gasteiger partial charge >= 0.3 is 0 Å². The molecular formula is C16H19N3O2. The summed E-state index contributed by atoms with van der Waals surface area (Å²) in [7, 11) is 0. The number of nitrogens with one attached hydrogen (secondary N) is 1. The Hall–Kier alpha value is -2.17. The number of aromatic nitrogens is 2. The lowest BCUT2D eigenvalue weighted by Gasteiger charge is -2.37. The lowest BCUT2D eigenvalue weighted by Crippen LogP contribution is -2.46. The van der Waals surface area contributed by atoms with Crippen molar-refractivity contribution in [3.63, 3.8) is 0 Å². The van der Waals surface area contributed by atoms with Crippen molar-refractivity contribution in [1.29, 1.82) is 0 Å². The number of carbonyl (C=O) groups is 1. The van der Waals surface area contributed by atoms with Crippen molar-refractivity contribution in [2.24, 2.45) is 5.92 Å². The fourth-order valence-corrected chi connectivity index (χ4v) is 3.04. The predicted octanol–water partition coefficient (Wildman–Crippen LogP) is 2.18. The zero-order valence-electron chi connectivity index (χ0n) is 12.3. The van der Waals surface area contributed by atoms with Crippen LogP contribution in [0.5, 0.6) is 0 Å². The molecule has 5 heteroatoms. The van der Waals surface area contributed by atoms with Crippen LogP contribution in [0.2, 0.25) is 0 Å². The third-order valence-corrected chi connectivity index (χ3v) is 4.53. The molecule has 1 N–H and O–H groups in total. The second kappa shape index (κ2) is 5.31. The van der Waals surface area contributed by atoms with E-state index in [9.17, 15) is 9.59 Å². The summed E-state index contributed by atoms with van der Waals surface area (Å²) >= 11 is 0. The Labute approximate surface area is 123 Å². The van der Waals surface area contributed by atoms with Gasteiger partial charge in [-0.15, -0.1) is 0 Å². The number of H-pyrrole nitrogens is 1. The first kappa shape index (κ1) is 13.8. The molecule has 1 aliphatic heterocycles. The van der Waals surface area contributed by atoms with Gasteiger partial charge in [-0.3, -0.25) is 9.59 Å². The van der Waals surface area contributed by atoms with Gasteiger partial charge in [0.1, 0.15) is 0 Å². The number of piperidine rings is 1. The molecule has 110 valence electrons. The second-order valence-corrected chi connectivity index (χ2v) is 5.81. The van der Waals surface area contributed by atoms with Crippen LogP contribution in [-0.4, -0.2) is 33.6 Å². The fraction of sp³-hybridized carbons (Fsp3) is 0.438. The Morgan fingerprint density at radius 3 is 2.76 bits per heavy atom. The number of aromatic amines is 1. The number of nitrogens with zero attached hydrogens (tertiary/aromatic N) is 2. The van der Waals surface area contributed by atoms with Gasteiger partial charge < -0.3 is 4.90 Å². The minimum atomic E-state index is -0.262. The first-order valence-electron chi connectivity index (χ1n) is 7.38. The smallest absolute Gasteiger partial charge is 0.275 e. The molecular weight excluding hydrogens is 266 g/mol. The summed E-state index contributed by atoms with van der Waals surface area (Å²) in [4.78, 5) is 26.5. The van der Waals surface area contributed by atoms with Crippen molar-refractivity contribution in [3.05, 3.63) is 40.3 Å². The molecule has 2 aromatic rings. The molecule has 1 fully saturated rings. The molecule has 0 aliphatic carbocycles. The molecule has 0 spiro atoms. The van der Waals surface area contributed by atoms with Crippen LogP contribution in [0.15, 0.2) is 29.1 Å². The summed E-state index contributed by atoms with van der Waals surface area (Å²) in [6.45, 7) is 5.00. The average Bonchev–Trinajstić information content (AvgIpc) is 2.50. The minimum Gasteiger partial charge on any atom is -0.334 e. The molecule has 0 bridgehead atoms. The lowest BCUT2D eigenvalue weighted by atomic mass is 9.91. The van der Waals surface area contributed by atoms with Crippen LogP contribution in [0, 0.1) is 5.92 Å². The van der Waals surface area contributed by atoms with Gasteiger partial charge in [-0.1, -0.05) is 25.1 Å². The Bertz CT molecular complexity index is 738. The van der Waals surface area contributed by atoms with Crippen molar-refractivity contribution in [3.8, 4) is 0 Å². The van der Waals surface area contributed by atoms with Gasteiger partial charge in [0.05, 0.1) is 5.39 Å². The van der Waals surface area contributed by atoms with E-state index in [-0.39, 0.29) is 17.5 Å².